The van der Waals surface area contributed by atoms with Crippen molar-refractivity contribution in [3.8, 4) is 5.75 Å². The molecule has 0 unspecified atom stereocenters. The number of likely N-dealkylation sites (N-methyl/N-ethyl adjacent to an activating group) is 1. The second-order valence-corrected chi connectivity index (χ2v) is 6.04. The molecule has 0 saturated heterocycles. The zero-order chi connectivity index (χ0) is 18.4. The molecule has 2 rings (SSSR count). The zero-order valence-corrected chi connectivity index (χ0v) is 15.0. The number of aromatic nitrogens is 1. The molecule has 25 heavy (non-hydrogen) atoms. The minimum Gasteiger partial charge on any atom is -0.493 e. The largest absolute Gasteiger partial charge is 0.493 e. The minimum atomic E-state index is -0.334. The van der Waals surface area contributed by atoms with Crippen LogP contribution < -0.4 is 10.1 Å². The number of amides is 2. The van der Waals surface area contributed by atoms with Gasteiger partial charge < -0.3 is 19.5 Å². The van der Waals surface area contributed by atoms with Gasteiger partial charge in [0.25, 0.3) is 0 Å². The molecule has 0 aliphatic heterocycles. The SMILES string of the molecule is Cc1cc(C)cc(OCCC(=O)N(C)CC(=O)Nc2cc(C)on2)c1. The lowest BCUT2D eigenvalue weighted by atomic mass is 10.1. The highest BCUT2D eigenvalue weighted by atomic mass is 16.5. The number of rotatable bonds is 7. The quantitative estimate of drug-likeness (QED) is 0.833. The fourth-order valence-corrected chi connectivity index (χ4v) is 2.37. The summed E-state index contributed by atoms with van der Waals surface area (Å²) in [6.45, 7) is 5.92. The number of aryl methyl sites for hydroxylation is 3. The molecule has 0 aliphatic rings. The topological polar surface area (TPSA) is 84.7 Å². The third-order valence-corrected chi connectivity index (χ3v) is 3.48. The van der Waals surface area contributed by atoms with Gasteiger partial charge in [0.05, 0.1) is 19.6 Å². The van der Waals surface area contributed by atoms with Gasteiger partial charge in [-0.1, -0.05) is 11.2 Å². The fourth-order valence-electron chi connectivity index (χ4n) is 2.37. The number of carbonyl (C=O) groups excluding carboxylic acids is 2. The smallest absolute Gasteiger partial charge is 0.245 e. The molecule has 0 fully saturated rings. The maximum Gasteiger partial charge on any atom is 0.245 e. The number of hydrogen-bond donors (Lipinski definition) is 1. The van der Waals surface area contributed by atoms with Crippen molar-refractivity contribution in [3.63, 3.8) is 0 Å². The van der Waals surface area contributed by atoms with E-state index in [2.05, 4.69) is 16.5 Å². The molecule has 0 aliphatic carbocycles. The van der Waals surface area contributed by atoms with Gasteiger partial charge in [-0.15, -0.1) is 0 Å². The van der Waals surface area contributed by atoms with Crippen LogP contribution in [0.25, 0.3) is 0 Å². The molecule has 0 bridgehead atoms. The first-order chi connectivity index (χ1) is 11.8. The first-order valence-corrected chi connectivity index (χ1v) is 8.01. The summed E-state index contributed by atoms with van der Waals surface area (Å²) in [4.78, 5) is 25.3. The van der Waals surface area contributed by atoms with Crippen molar-refractivity contribution < 1.29 is 18.8 Å². The number of nitrogens with zero attached hydrogens (tertiary/aromatic N) is 2. The summed E-state index contributed by atoms with van der Waals surface area (Å²) < 4.78 is 10.5. The van der Waals surface area contributed by atoms with E-state index in [4.69, 9.17) is 9.26 Å². The van der Waals surface area contributed by atoms with Gasteiger partial charge in [0.1, 0.15) is 11.5 Å². The number of hydrogen-bond acceptors (Lipinski definition) is 5. The summed E-state index contributed by atoms with van der Waals surface area (Å²) in [6, 6.07) is 7.52. The van der Waals surface area contributed by atoms with Crippen LogP contribution in [0.5, 0.6) is 5.75 Å². The summed E-state index contributed by atoms with van der Waals surface area (Å²) in [5.41, 5.74) is 2.22. The Morgan fingerprint density at radius 1 is 1.16 bits per heavy atom. The third kappa shape index (κ3) is 5.95. The second kappa shape index (κ2) is 8.32. The van der Waals surface area contributed by atoms with Crippen LogP contribution in [0.15, 0.2) is 28.8 Å². The van der Waals surface area contributed by atoms with Crippen LogP contribution in [-0.4, -0.2) is 42.1 Å². The molecule has 7 nitrogen and oxygen atoms in total. The summed E-state index contributed by atoms with van der Waals surface area (Å²) in [5, 5.41) is 6.25. The highest BCUT2D eigenvalue weighted by Crippen LogP contribution is 2.16. The summed E-state index contributed by atoms with van der Waals surface area (Å²) in [5.74, 6) is 1.17. The van der Waals surface area contributed by atoms with Crippen LogP contribution in [0.3, 0.4) is 0 Å². The average Bonchev–Trinajstić information content (AvgIpc) is 2.90. The number of carbonyl (C=O) groups is 2. The summed E-state index contributed by atoms with van der Waals surface area (Å²) >= 11 is 0. The van der Waals surface area contributed by atoms with E-state index in [1.54, 1.807) is 20.0 Å². The predicted molar refractivity (Wildman–Crippen MR) is 93.5 cm³/mol. The van der Waals surface area contributed by atoms with Crippen molar-refractivity contribution in [1.29, 1.82) is 0 Å². The van der Waals surface area contributed by atoms with Crippen molar-refractivity contribution in [2.75, 3.05) is 25.5 Å². The molecule has 1 aromatic heterocycles. The van der Waals surface area contributed by atoms with Crippen LogP contribution in [0.1, 0.15) is 23.3 Å². The molecule has 0 spiro atoms. The van der Waals surface area contributed by atoms with Gasteiger partial charge in [0.2, 0.25) is 11.8 Å². The Bertz CT molecular complexity index is 734. The second-order valence-electron chi connectivity index (χ2n) is 6.04. The van der Waals surface area contributed by atoms with Crippen LogP contribution in [0, 0.1) is 20.8 Å². The van der Waals surface area contributed by atoms with E-state index >= 15 is 0 Å². The zero-order valence-electron chi connectivity index (χ0n) is 15.0. The summed E-state index contributed by atoms with van der Waals surface area (Å²) in [7, 11) is 1.58. The average molecular weight is 345 g/mol. The van der Waals surface area contributed by atoms with Crippen LogP contribution in [-0.2, 0) is 9.59 Å². The van der Waals surface area contributed by atoms with Crippen molar-refractivity contribution >= 4 is 17.6 Å². The number of ether oxygens (including phenoxy) is 1. The van der Waals surface area contributed by atoms with E-state index in [9.17, 15) is 9.59 Å². The molecule has 2 amide bonds. The highest BCUT2D eigenvalue weighted by molar-refractivity contribution is 5.93. The Labute approximate surface area is 146 Å². The molecule has 7 heteroatoms. The van der Waals surface area contributed by atoms with Gasteiger partial charge in [-0.3, -0.25) is 9.59 Å². The van der Waals surface area contributed by atoms with Gasteiger partial charge in [0.15, 0.2) is 5.82 Å². The van der Waals surface area contributed by atoms with Crippen molar-refractivity contribution in [1.82, 2.24) is 10.1 Å². The molecule has 2 aromatic rings. The van der Waals surface area contributed by atoms with Gasteiger partial charge in [-0.05, 0) is 44.0 Å². The minimum absolute atomic E-state index is 0.0612. The molecule has 1 heterocycles. The fraction of sp³-hybridized carbons (Fsp3) is 0.389. The van der Waals surface area contributed by atoms with Crippen molar-refractivity contribution in [2.24, 2.45) is 0 Å². The molecule has 1 N–H and O–H groups in total. The molecular formula is C18H23N3O4. The highest BCUT2D eigenvalue weighted by Gasteiger charge is 2.14. The number of anilines is 1. The monoisotopic (exact) mass is 345 g/mol. The number of nitrogens with one attached hydrogen (secondary N) is 1. The lowest BCUT2D eigenvalue weighted by Crippen LogP contribution is -2.35. The predicted octanol–water partition coefficient (Wildman–Crippen LogP) is 2.47. The molecule has 0 saturated carbocycles. The Morgan fingerprint density at radius 2 is 1.84 bits per heavy atom. The van der Waals surface area contributed by atoms with Crippen LogP contribution >= 0.6 is 0 Å². The normalized spacial score (nSPS) is 10.4. The standard InChI is InChI=1S/C18H23N3O4/c1-12-7-13(2)9-15(8-12)24-6-5-18(23)21(4)11-17(22)19-16-10-14(3)25-20-16/h7-10H,5-6,11H2,1-4H3,(H,19,20,22). The van der Waals surface area contributed by atoms with Crippen molar-refractivity contribution in [3.05, 3.63) is 41.2 Å². The maximum atomic E-state index is 12.1. The van der Waals surface area contributed by atoms with Gasteiger partial charge >= 0.3 is 0 Å². The Morgan fingerprint density at radius 3 is 2.44 bits per heavy atom. The summed E-state index contributed by atoms with van der Waals surface area (Å²) in [6.07, 6.45) is 0.194. The van der Waals surface area contributed by atoms with Gasteiger partial charge in [-0.25, -0.2) is 0 Å². The first-order valence-electron chi connectivity index (χ1n) is 8.01. The van der Waals surface area contributed by atoms with E-state index in [-0.39, 0.29) is 31.4 Å². The third-order valence-electron chi connectivity index (χ3n) is 3.48. The van der Waals surface area contributed by atoms with Gasteiger partial charge in [-0.2, -0.15) is 0 Å². The number of benzene rings is 1. The molecule has 0 atom stereocenters. The van der Waals surface area contributed by atoms with Crippen LogP contribution in [0.4, 0.5) is 5.82 Å². The first kappa shape index (κ1) is 18.5. The van der Waals surface area contributed by atoms with Crippen LogP contribution in [0.2, 0.25) is 0 Å². The van der Waals surface area contributed by atoms with Crippen molar-refractivity contribution in [2.45, 2.75) is 27.2 Å². The van der Waals surface area contributed by atoms with E-state index < -0.39 is 0 Å². The Kier molecular flexibility index (Phi) is 6.16. The van der Waals surface area contributed by atoms with E-state index in [1.165, 1.54) is 4.90 Å². The maximum absolute atomic E-state index is 12.1. The van der Waals surface area contributed by atoms with E-state index in [0.717, 1.165) is 16.9 Å². The van der Waals surface area contributed by atoms with Gasteiger partial charge in [0, 0.05) is 13.1 Å². The molecule has 1 aromatic carbocycles. The Hall–Kier alpha value is -2.83. The van der Waals surface area contributed by atoms with E-state index in [0.29, 0.717) is 11.6 Å². The Balaban J connectivity index is 1.75. The molecular weight excluding hydrogens is 322 g/mol. The lowest BCUT2D eigenvalue weighted by molar-refractivity contribution is -0.133. The van der Waals surface area contributed by atoms with E-state index in [1.807, 2.05) is 26.0 Å². The molecule has 134 valence electrons. The lowest BCUT2D eigenvalue weighted by Gasteiger charge is -2.16. The molecule has 0 radical (unpaired) electrons.